The van der Waals surface area contributed by atoms with Gasteiger partial charge in [-0.05, 0) is 67.2 Å². The Morgan fingerprint density at radius 1 is 1.09 bits per heavy atom. The highest BCUT2D eigenvalue weighted by Gasteiger charge is 2.38. The monoisotopic (exact) mass is 597 g/mol. The molecule has 4 aromatic rings. The molecule has 228 valence electrons. The molecule has 4 aliphatic heterocycles. The molecule has 2 atom stereocenters. The molecular weight excluding hydrogens is 561 g/mol. The van der Waals surface area contributed by atoms with Crippen LogP contribution in [0.2, 0.25) is 0 Å². The van der Waals surface area contributed by atoms with E-state index in [4.69, 9.17) is 9.47 Å². The molecular formula is C34H36FN5O4. The van der Waals surface area contributed by atoms with Crippen LogP contribution < -0.4 is 25.7 Å². The molecule has 5 heterocycles. The van der Waals surface area contributed by atoms with Gasteiger partial charge >= 0.3 is 0 Å². The fourth-order valence-electron chi connectivity index (χ4n) is 7.40. The van der Waals surface area contributed by atoms with E-state index in [1.807, 2.05) is 41.0 Å². The summed E-state index contributed by atoms with van der Waals surface area (Å²) < 4.78 is 30.0. The molecule has 2 N–H and O–H groups in total. The molecule has 3 saturated heterocycles. The van der Waals surface area contributed by atoms with Gasteiger partial charge in [0.2, 0.25) is 5.43 Å². The number of pyridine rings is 1. The number of hydrogen-bond acceptors (Lipinski definition) is 7. The molecule has 0 aliphatic carbocycles. The van der Waals surface area contributed by atoms with Crippen LogP contribution in [0.25, 0.3) is 27.4 Å². The van der Waals surface area contributed by atoms with Crippen LogP contribution in [0, 0.1) is 11.7 Å². The van der Waals surface area contributed by atoms with E-state index in [-0.39, 0.29) is 10.9 Å². The maximum Gasteiger partial charge on any atom is 0.256 e. The summed E-state index contributed by atoms with van der Waals surface area (Å²) in [6, 6.07) is 13.5. The number of piperidine rings is 1. The second-order valence-electron chi connectivity index (χ2n) is 12.4. The van der Waals surface area contributed by atoms with E-state index in [0.717, 1.165) is 76.0 Å². The van der Waals surface area contributed by atoms with Crippen LogP contribution in [-0.4, -0.2) is 80.4 Å². The van der Waals surface area contributed by atoms with Gasteiger partial charge in [-0.25, -0.2) is 4.39 Å². The quantitative estimate of drug-likeness (QED) is 0.286. The van der Waals surface area contributed by atoms with E-state index in [0.29, 0.717) is 53.4 Å². The zero-order valence-corrected chi connectivity index (χ0v) is 24.6. The Hall–Kier alpha value is -3.99. The van der Waals surface area contributed by atoms with Crippen LogP contribution in [0.3, 0.4) is 0 Å². The van der Waals surface area contributed by atoms with Gasteiger partial charge in [0.1, 0.15) is 16.8 Å². The highest BCUT2D eigenvalue weighted by atomic mass is 19.1. The number of ether oxygens (including phenoxy) is 2. The van der Waals surface area contributed by atoms with Crippen LogP contribution in [0.1, 0.15) is 29.6 Å². The number of nitrogens with one attached hydrogen (secondary N) is 2. The van der Waals surface area contributed by atoms with Gasteiger partial charge in [0.15, 0.2) is 17.3 Å². The molecule has 1 aromatic heterocycles. The minimum Gasteiger partial charge on any atom is -0.451 e. The van der Waals surface area contributed by atoms with Gasteiger partial charge in [-0.2, -0.15) is 0 Å². The van der Waals surface area contributed by atoms with Crippen molar-refractivity contribution in [3.63, 3.8) is 0 Å². The summed E-state index contributed by atoms with van der Waals surface area (Å²) in [4.78, 5) is 31.7. The number of morpholine rings is 1. The zero-order chi connectivity index (χ0) is 29.8. The molecule has 1 amide bonds. The Morgan fingerprint density at radius 3 is 2.73 bits per heavy atom. The largest absolute Gasteiger partial charge is 0.451 e. The molecule has 8 rings (SSSR count). The lowest BCUT2D eigenvalue weighted by Gasteiger charge is -2.29. The van der Waals surface area contributed by atoms with E-state index in [2.05, 4.69) is 20.4 Å². The van der Waals surface area contributed by atoms with E-state index in [1.165, 1.54) is 6.07 Å². The summed E-state index contributed by atoms with van der Waals surface area (Å²) in [6.45, 7) is 6.83. The lowest BCUT2D eigenvalue weighted by Crippen LogP contribution is -2.40. The van der Waals surface area contributed by atoms with Crippen molar-refractivity contribution in [2.45, 2.75) is 25.3 Å². The number of aromatic nitrogens is 1. The minimum absolute atomic E-state index is 0.0145. The third kappa shape index (κ3) is 4.72. The van der Waals surface area contributed by atoms with Gasteiger partial charge in [0, 0.05) is 45.0 Å². The van der Waals surface area contributed by atoms with Crippen molar-refractivity contribution in [1.82, 2.24) is 20.1 Å². The van der Waals surface area contributed by atoms with Crippen molar-refractivity contribution in [3.05, 3.63) is 70.3 Å². The van der Waals surface area contributed by atoms with Crippen LogP contribution in [0.4, 0.5) is 10.1 Å². The average Bonchev–Trinajstić information content (AvgIpc) is 3.47. The Kier molecular flexibility index (Phi) is 7.00. The first-order valence-corrected chi connectivity index (χ1v) is 15.7. The lowest BCUT2D eigenvalue weighted by molar-refractivity contribution is 0.0374. The molecule has 3 aromatic carbocycles. The van der Waals surface area contributed by atoms with E-state index in [9.17, 15) is 9.59 Å². The normalized spacial score (nSPS) is 21.2. The van der Waals surface area contributed by atoms with Crippen molar-refractivity contribution in [2.75, 3.05) is 63.9 Å². The second kappa shape index (κ2) is 11.2. The third-order valence-corrected chi connectivity index (χ3v) is 9.67. The van der Waals surface area contributed by atoms with Gasteiger partial charge in [0.05, 0.1) is 24.3 Å². The molecule has 10 heteroatoms. The Balaban J connectivity index is 1.21. The number of hydrogen-bond donors (Lipinski definition) is 2. The smallest absolute Gasteiger partial charge is 0.256 e. The molecule has 3 fully saturated rings. The molecule has 0 radical (unpaired) electrons. The molecule has 0 bridgehead atoms. The second-order valence-corrected chi connectivity index (χ2v) is 12.4. The molecule has 4 aliphatic rings. The lowest BCUT2D eigenvalue weighted by atomic mass is 9.94. The van der Waals surface area contributed by atoms with E-state index >= 15 is 4.39 Å². The van der Waals surface area contributed by atoms with Gasteiger partial charge < -0.3 is 29.6 Å². The maximum atomic E-state index is 16.2. The van der Waals surface area contributed by atoms with Crippen molar-refractivity contribution in [2.24, 2.45) is 5.92 Å². The predicted molar refractivity (Wildman–Crippen MR) is 168 cm³/mol. The standard InChI is InChI=1S/C34H36FN5O4/c35-26-17-24-30-33(31(26)39-18-23-7-3-8-36-27(23)20-39)44-29-16-22-6-2-1-5-21(22)15-28(29)40(30)19-25(32(24)41)34(42)37-9-4-10-38-11-13-43-14-12-38/h1-2,5-6,15-17,19,23,27,36H,3-4,7-14,18,20H2,(H,37,42). The van der Waals surface area contributed by atoms with E-state index < -0.39 is 17.2 Å². The fraction of sp³-hybridized carbons (Fsp3) is 0.412. The number of benzene rings is 3. The van der Waals surface area contributed by atoms with Gasteiger partial charge in [-0.1, -0.05) is 24.3 Å². The molecule has 9 nitrogen and oxygen atoms in total. The van der Waals surface area contributed by atoms with Crippen LogP contribution in [0.5, 0.6) is 11.5 Å². The van der Waals surface area contributed by atoms with Crippen molar-refractivity contribution < 1.29 is 18.7 Å². The summed E-state index contributed by atoms with van der Waals surface area (Å²) in [7, 11) is 0. The number of rotatable bonds is 6. The van der Waals surface area contributed by atoms with Gasteiger partial charge in [0.25, 0.3) is 5.91 Å². The predicted octanol–water partition coefficient (Wildman–Crippen LogP) is 4.03. The fourth-order valence-corrected chi connectivity index (χ4v) is 7.40. The number of halogens is 1. The third-order valence-electron chi connectivity index (χ3n) is 9.67. The van der Waals surface area contributed by atoms with Gasteiger partial charge in [-0.3, -0.25) is 14.5 Å². The first-order chi connectivity index (χ1) is 21.5. The number of carbonyl (C=O) groups is 1. The Morgan fingerprint density at radius 2 is 1.91 bits per heavy atom. The Bertz CT molecular complexity index is 1820. The van der Waals surface area contributed by atoms with Crippen LogP contribution >= 0.6 is 0 Å². The summed E-state index contributed by atoms with van der Waals surface area (Å²) in [5.41, 5.74) is 1.05. The van der Waals surface area contributed by atoms with Crippen molar-refractivity contribution in [3.8, 4) is 17.2 Å². The minimum atomic E-state index is -0.512. The summed E-state index contributed by atoms with van der Waals surface area (Å²) >= 11 is 0. The SMILES string of the molecule is O=C(NCCCN1CCOCC1)c1cn2c3c(c(N4CC5CCCNC5C4)c(F)cc3c1=O)Oc1cc3ccccc3cc1-2. The highest BCUT2D eigenvalue weighted by molar-refractivity contribution is 6.02. The maximum absolute atomic E-state index is 16.2. The summed E-state index contributed by atoms with van der Waals surface area (Å²) in [6.07, 6.45) is 4.57. The van der Waals surface area contributed by atoms with Crippen molar-refractivity contribution >= 4 is 33.3 Å². The topological polar surface area (TPSA) is 88.1 Å². The Labute approximate surface area is 254 Å². The van der Waals surface area contributed by atoms with E-state index in [1.54, 1.807) is 6.20 Å². The number of fused-ring (bicyclic) bond motifs is 4. The summed E-state index contributed by atoms with van der Waals surface area (Å²) in [5.74, 6) is 0.345. The molecule has 0 spiro atoms. The van der Waals surface area contributed by atoms with Crippen LogP contribution in [0.15, 0.2) is 53.5 Å². The molecule has 0 saturated carbocycles. The number of amides is 1. The zero-order valence-electron chi connectivity index (χ0n) is 24.6. The highest BCUT2D eigenvalue weighted by Crippen LogP contribution is 2.48. The first-order valence-electron chi connectivity index (χ1n) is 15.7. The summed E-state index contributed by atoms with van der Waals surface area (Å²) in [5, 5.41) is 8.64. The number of nitrogens with zero attached hydrogens (tertiary/aromatic N) is 3. The molecule has 2 unspecified atom stereocenters. The number of carbonyl (C=O) groups excluding carboxylic acids is 1. The van der Waals surface area contributed by atoms with Gasteiger partial charge in [-0.15, -0.1) is 0 Å². The first kappa shape index (κ1) is 27.6. The van der Waals surface area contributed by atoms with Crippen molar-refractivity contribution in [1.29, 1.82) is 0 Å². The average molecular weight is 598 g/mol. The number of anilines is 1. The van der Waals surface area contributed by atoms with Crippen LogP contribution in [-0.2, 0) is 4.74 Å². The molecule has 44 heavy (non-hydrogen) atoms.